The highest BCUT2D eigenvalue weighted by Crippen LogP contribution is 2.24. The number of nitrogens with one attached hydrogen (secondary N) is 1. The number of carbonyl (C=O) groups is 1. The lowest BCUT2D eigenvalue weighted by Gasteiger charge is -2.00. The molecule has 0 spiro atoms. The number of thiazole rings is 1. The fraction of sp³-hybridized carbons (Fsp3) is 0.200. The monoisotopic (exact) mass is 330 g/mol. The quantitative estimate of drug-likeness (QED) is 0.781. The van der Waals surface area contributed by atoms with E-state index >= 15 is 0 Å². The highest BCUT2D eigenvalue weighted by atomic mass is 32.1. The van der Waals surface area contributed by atoms with E-state index in [0.29, 0.717) is 18.7 Å². The van der Waals surface area contributed by atoms with E-state index in [1.165, 1.54) is 17.1 Å². The van der Waals surface area contributed by atoms with Gasteiger partial charge in [-0.15, -0.1) is 16.4 Å². The normalized spacial score (nSPS) is 10.6. The fourth-order valence-corrected chi connectivity index (χ4v) is 3.21. The van der Waals surface area contributed by atoms with Gasteiger partial charge in [0.1, 0.15) is 5.01 Å². The van der Waals surface area contributed by atoms with Crippen molar-refractivity contribution in [3.63, 3.8) is 0 Å². The van der Waals surface area contributed by atoms with Gasteiger partial charge in [-0.1, -0.05) is 34.3 Å². The molecule has 2 heterocycles. The van der Waals surface area contributed by atoms with Crippen LogP contribution in [0.2, 0.25) is 0 Å². The van der Waals surface area contributed by atoms with Crippen LogP contribution >= 0.6 is 22.9 Å². The van der Waals surface area contributed by atoms with Crippen LogP contribution in [0.5, 0.6) is 0 Å². The third-order valence-corrected chi connectivity index (χ3v) is 4.55. The first kappa shape index (κ1) is 14.8. The number of aromatic nitrogens is 3. The first-order valence-corrected chi connectivity index (χ1v) is 8.51. The van der Waals surface area contributed by atoms with E-state index in [2.05, 4.69) is 51.1 Å². The molecule has 0 saturated heterocycles. The average Bonchev–Trinajstić information content (AvgIpc) is 3.19. The van der Waals surface area contributed by atoms with Crippen LogP contribution in [-0.2, 0) is 6.42 Å². The first-order chi connectivity index (χ1) is 10.7. The van der Waals surface area contributed by atoms with Crippen molar-refractivity contribution in [1.82, 2.24) is 19.9 Å². The van der Waals surface area contributed by atoms with Gasteiger partial charge in [0.05, 0.1) is 5.69 Å². The molecule has 1 N–H and O–H groups in total. The van der Waals surface area contributed by atoms with Gasteiger partial charge in [0.25, 0.3) is 5.91 Å². The lowest BCUT2D eigenvalue weighted by atomic mass is 10.2. The molecule has 5 nitrogen and oxygen atoms in total. The summed E-state index contributed by atoms with van der Waals surface area (Å²) in [5.41, 5.74) is 3.71. The average molecular weight is 330 g/mol. The van der Waals surface area contributed by atoms with Crippen molar-refractivity contribution in [2.24, 2.45) is 0 Å². The van der Waals surface area contributed by atoms with Crippen LogP contribution < -0.4 is 5.32 Å². The van der Waals surface area contributed by atoms with Crippen molar-refractivity contribution in [2.45, 2.75) is 13.3 Å². The second kappa shape index (κ2) is 6.76. The maximum Gasteiger partial charge on any atom is 0.272 e. The van der Waals surface area contributed by atoms with Crippen LogP contribution in [0.25, 0.3) is 10.6 Å². The van der Waals surface area contributed by atoms with E-state index < -0.39 is 0 Å². The largest absolute Gasteiger partial charge is 0.350 e. The number of amides is 1. The van der Waals surface area contributed by atoms with Crippen LogP contribution in [0.1, 0.15) is 21.7 Å². The summed E-state index contributed by atoms with van der Waals surface area (Å²) < 4.78 is 3.67. The summed E-state index contributed by atoms with van der Waals surface area (Å²) in [6, 6.07) is 8.32. The number of hydrogen-bond donors (Lipinski definition) is 1. The minimum Gasteiger partial charge on any atom is -0.350 e. The van der Waals surface area contributed by atoms with Crippen molar-refractivity contribution in [3.8, 4) is 10.6 Å². The molecule has 0 fully saturated rings. The third kappa shape index (κ3) is 3.55. The van der Waals surface area contributed by atoms with E-state index in [9.17, 15) is 4.79 Å². The van der Waals surface area contributed by atoms with Crippen LogP contribution in [0.15, 0.2) is 35.0 Å². The molecule has 0 aliphatic carbocycles. The van der Waals surface area contributed by atoms with Gasteiger partial charge < -0.3 is 5.32 Å². The fourth-order valence-electron chi connectivity index (χ4n) is 1.91. The molecule has 0 radical (unpaired) electrons. The van der Waals surface area contributed by atoms with E-state index in [4.69, 9.17) is 0 Å². The maximum atomic E-state index is 11.7. The van der Waals surface area contributed by atoms with Crippen molar-refractivity contribution in [3.05, 3.63) is 52.0 Å². The molecular formula is C15H14N4OS2. The summed E-state index contributed by atoms with van der Waals surface area (Å²) in [6.45, 7) is 2.60. The SMILES string of the molecule is Cc1ccc(-c2nc(CCNC(=O)c3csnn3)cs2)cc1. The molecule has 2 aromatic heterocycles. The molecule has 0 bridgehead atoms. The van der Waals surface area contributed by atoms with Gasteiger partial charge in [-0.3, -0.25) is 4.79 Å². The predicted molar refractivity (Wildman–Crippen MR) is 88.2 cm³/mol. The molecule has 1 amide bonds. The third-order valence-electron chi connectivity index (χ3n) is 3.11. The molecule has 0 unspecified atom stereocenters. The Morgan fingerprint density at radius 3 is 2.77 bits per heavy atom. The molecule has 22 heavy (non-hydrogen) atoms. The summed E-state index contributed by atoms with van der Waals surface area (Å²) in [7, 11) is 0. The molecule has 7 heteroatoms. The topological polar surface area (TPSA) is 67.8 Å². The Labute approximate surface area is 136 Å². The molecule has 0 aliphatic rings. The number of benzene rings is 1. The molecule has 0 saturated carbocycles. The van der Waals surface area contributed by atoms with Gasteiger partial charge in [0.15, 0.2) is 5.69 Å². The van der Waals surface area contributed by atoms with Crippen LogP contribution in [-0.4, -0.2) is 27.0 Å². The molecular weight excluding hydrogens is 316 g/mol. The van der Waals surface area contributed by atoms with Crippen LogP contribution in [0.3, 0.4) is 0 Å². The maximum absolute atomic E-state index is 11.7. The van der Waals surface area contributed by atoms with E-state index in [0.717, 1.165) is 16.3 Å². The zero-order valence-corrected chi connectivity index (χ0v) is 13.6. The zero-order valence-electron chi connectivity index (χ0n) is 11.9. The van der Waals surface area contributed by atoms with Crippen molar-refractivity contribution < 1.29 is 4.79 Å². The Hall–Kier alpha value is -2.12. The standard InChI is InChI=1S/C15H14N4OS2/c1-10-2-4-11(5-3-10)15-17-12(8-21-15)6-7-16-14(20)13-9-22-19-18-13/h2-5,8-9H,6-7H2,1H3,(H,16,20). The summed E-state index contributed by atoms with van der Waals surface area (Å²) in [4.78, 5) is 16.3. The molecule has 0 aliphatic heterocycles. The van der Waals surface area contributed by atoms with Crippen molar-refractivity contribution in [1.29, 1.82) is 0 Å². The van der Waals surface area contributed by atoms with Gasteiger partial charge in [0.2, 0.25) is 0 Å². The summed E-state index contributed by atoms with van der Waals surface area (Å²) in [5, 5.41) is 11.2. The Morgan fingerprint density at radius 2 is 2.05 bits per heavy atom. The number of carbonyl (C=O) groups excluding carboxylic acids is 1. The van der Waals surface area contributed by atoms with E-state index in [1.54, 1.807) is 16.7 Å². The van der Waals surface area contributed by atoms with Crippen LogP contribution in [0, 0.1) is 6.92 Å². The molecule has 0 atom stereocenters. The Morgan fingerprint density at radius 1 is 1.23 bits per heavy atom. The summed E-state index contributed by atoms with van der Waals surface area (Å²) in [6.07, 6.45) is 0.700. The highest BCUT2D eigenvalue weighted by Gasteiger charge is 2.09. The Kier molecular flexibility index (Phi) is 4.55. The van der Waals surface area contributed by atoms with Gasteiger partial charge in [-0.25, -0.2) is 4.98 Å². The van der Waals surface area contributed by atoms with Crippen LogP contribution in [0.4, 0.5) is 0 Å². The number of nitrogens with zero attached hydrogens (tertiary/aromatic N) is 3. The minimum atomic E-state index is -0.192. The Bertz CT molecular complexity index is 750. The molecule has 1 aromatic carbocycles. The molecule has 3 aromatic rings. The van der Waals surface area contributed by atoms with E-state index in [1.807, 2.05) is 5.38 Å². The Balaban J connectivity index is 1.56. The number of aryl methyl sites for hydroxylation is 1. The number of rotatable bonds is 5. The lowest BCUT2D eigenvalue weighted by molar-refractivity contribution is 0.0949. The highest BCUT2D eigenvalue weighted by molar-refractivity contribution is 7.13. The second-order valence-corrected chi connectivity index (χ2v) is 6.27. The second-order valence-electron chi connectivity index (χ2n) is 4.81. The van der Waals surface area contributed by atoms with Crippen molar-refractivity contribution in [2.75, 3.05) is 6.54 Å². The molecule has 3 rings (SSSR count). The lowest BCUT2D eigenvalue weighted by Crippen LogP contribution is -2.26. The van der Waals surface area contributed by atoms with Gasteiger partial charge in [-0.05, 0) is 18.5 Å². The van der Waals surface area contributed by atoms with E-state index in [-0.39, 0.29) is 5.91 Å². The summed E-state index contributed by atoms with van der Waals surface area (Å²) >= 11 is 2.79. The minimum absolute atomic E-state index is 0.192. The summed E-state index contributed by atoms with van der Waals surface area (Å²) in [5.74, 6) is -0.192. The van der Waals surface area contributed by atoms with Gasteiger partial charge >= 0.3 is 0 Å². The van der Waals surface area contributed by atoms with Gasteiger partial charge in [-0.2, -0.15) is 0 Å². The zero-order chi connectivity index (χ0) is 15.4. The first-order valence-electron chi connectivity index (χ1n) is 6.79. The number of hydrogen-bond acceptors (Lipinski definition) is 6. The molecule has 112 valence electrons. The van der Waals surface area contributed by atoms with Gasteiger partial charge in [0, 0.05) is 29.3 Å². The smallest absolute Gasteiger partial charge is 0.272 e. The predicted octanol–water partition coefficient (Wildman–Crippen LogP) is 2.94. The van der Waals surface area contributed by atoms with Crippen molar-refractivity contribution >= 4 is 28.8 Å².